The number of rotatable bonds is 7. The molecule has 0 aliphatic rings. The Morgan fingerprint density at radius 2 is 1.85 bits per heavy atom. The fourth-order valence-corrected chi connectivity index (χ4v) is 3.21. The third kappa shape index (κ3) is 5.30. The molecule has 0 unspecified atom stereocenters. The minimum atomic E-state index is -0.371. The number of hydrogen-bond acceptors (Lipinski definition) is 7. The number of benzene rings is 2. The lowest BCUT2D eigenvalue weighted by Crippen LogP contribution is -2.06. The minimum Gasteiger partial charge on any atom is -0.494 e. The molecule has 3 N–H and O–H groups in total. The van der Waals surface area contributed by atoms with E-state index in [1.165, 1.54) is 18.7 Å². The number of nitrogen functional groups attached to an aromatic ring is 1. The first kappa shape index (κ1) is 18.9. The van der Waals surface area contributed by atoms with Gasteiger partial charge in [0.15, 0.2) is 11.6 Å². The Bertz CT molecular complexity index is 920. The Balaban J connectivity index is 1.62. The van der Waals surface area contributed by atoms with E-state index in [1.54, 1.807) is 17.8 Å². The largest absolute Gasteiger partial charge is 0.494 e. The van der Waals surface area contributed by atoms with Crippen molar-refractivity contribution in [3.05, 3.63) is 65.2 Å². The van der Waals surface area contributed by atoms with Crippen LogP contribution in [0.15, 0.2) is 42.5 Å². The van der Waals surface area contributed by atoms with E-state index in [1.807, 2.05) is 37.3 Å². The van der Waals surface area contributed by atoms with Gasteiger partial charge >= 0.3 is 0 Å². The number of aromatic nitrogens is 3. The second-order valence-electron chi connectivity index (χ2n) is 5.89. The number of aryl methyl sites for hydroxylation is 1. The van der Waals surface area contributed by atoms with Crippen LogP contribution in [-0.2, 0) is 11.5 Å². The molecule has 0 saturated heterocycles. The fourth-order valence-electron chi connectivity index (χ4n) is 2.38. The van der Waals surface area contributed by atoms with Crippen molar-refractivity contribution in [2.75, 3.05) is 18.2 Å². The Morgan fingerprint density at radius 3 is 2.56 bits per heavy atom. The zero-order chi connectivity index (χ0) is 19.2. The molecule has 0 spiro atoms. The summed E-state index contributed by atoms with van der Waals surface area (Å²) in [5.74, 6) is 2.14. The molecule has 2 aromatic carbocycles. The molecule has 0 radical (unpaired) electrons. The van der Waals surface area contributed by atoms with Crippen LogP contribution < -0.4 is 15.8 Å². The lowest BCUT2D eigenvalue weighted by atomic mass is 10.2. The van der Waals surface area contributed by atoms with Crippen molar-refractivity contribution in [1.29, 1.82) is 0 Å². The van der Waals surface area contributed by atoms with E-state index in [9.17, 15) is 4.39 Å². The number of methoxy groups -OCH3 is 1. The molecule has 1 heterocycles. The molecule has 140 valence electrons. The van der Waals surface area contributed by atoms with Gasteiger partial charge in [0.1, 0.15) is 5.82 Å². The van der Waals surface area contributed by atoms with Crippen molar-refractivity contribution in [3.8, 4) is 5.75 Å². The summed E-state index contributed by atoms with van der Waals surface area (Å²) in [6.45, 7) is 2.02. The van der Waals surface area contributed by atoms with Gasteiger partial charge in [0.25, 0.3) is 0 Å². The number of nitrogens with zero attached hydrogens (tertiary/aromatic N) is 3. The van der Waals surface area contributed by atoms with Gasteiger partial charge in [0.2, 0.25) is 11.9 Å². The van der Waals surface area contributed by atoms with Gasteiger partial charge in [-0.25, -0.2) is 4.39 Å². The van der Waals surface area contributed by atoms with E-state index in [0.29, 0.717) is 23.3 Å². The van der Waals surface area contributed by atoms with E-state index in [2.05, 4.69) is 20.3 Å². The summed E-state index contributed by atoms with van der Waals surface area (Å²) in [4.78, 5) is 12.7. The first-order valence-corrected chi connectivity index (χ1v) is 9.43. The van der Waals surface area contributed by atoms with Gasteiger partial charge in [-0.05, 0) is 36.8 Å². The lowest BCUT2D eigenvalue weighted by molar-refractivity contribution is 0.386. The predicted octanol–water partition coefficient (Wildman–Crippen LogP) is 4.09. The molecule has 3 aromatic rings. The van der Waals surface area contributed by atoms with Gasteiger partial charge in [0.05, 0.1) is 12.9 Å². The highest BCUT2D eigenvalue weighted by molar-refractivity contribution is 7.97. The van der Waals surface area contributed by atoms with E-state index in [4.69, 9.17) is 10.5 Å². The zero-order valence-corrected chi connectivity index (χ0v) is 15.9. The van der Waals surface area contributed by atoms with Gasteiger partial charge in [-0.2, -0.15) is 15.0 Å². The number of nitrogens with two attached hydrogens (primary N) is 1. The summed E-state index contributed by atoms with van der Waals surface area (Å²) in [5, 5.41) is 3.13. The van der Waals surface area contributed by atoms with Crippen molar-refractivity contribution < 1.29 is 9.13 Å². The first-order valence-electron chi connectivity index (χ1n) is 8.28. The summed E-state index contributed by atoms with van der Waals surface area (Å²) in [5.41, 5.74) is 8.70. The van der Waals surface area contributed by atoms with Gasteiger partial charge < -0.3 is 15.8 Å². The first-order chi connectivity index (χ1) is 13.0. The second kappa shape index (κ2) is 8.68. The van der Waals surface area contributed by atoms with E-state index < -0.39 is 0 Å². The lowest BCUT2D eigenvalue weighted by Gasteiger charge is -2.08. The number of anilines is 3. The standard InChI is InChI=1S/C19H20FN5OS/c1-12-3-6-14(7-4-12)22-19-24-17(23-18(21)25-19)11-27-10-13-5-8-16(26-2)15(20)9-13/h3-9H,10-11H2,1-2H3,(H3,21,22,23,24,25). The number of thioether (sulfide) groups is 1. The molecule has 0 fully saturated rings. The van der Waals surface area contributed by atoms with E-state index in [0.717, 1.165) is 11.3 Å². The highest BCUT2D eigenvalue weighted by Crippen LogP contribution is 2.22. The van der Waals surface area contributed by atoms with Crippen molar-refractivity contribution in [2.24, 2.45) is 0 Å². The van der Waals surface area contributed by atoms with Crippen molar-refractivity contribution in [3.63, 3.8) is 0 Å². The monoisotopic (exact) mass is 385 g/mol. The summed E-state index contributed by atoms with van der Waals surface area (Å²) in [7, 11) is 1.44. The number of nitrogens with one attached hydrogen (secondary N) is 1. The van der Waals surface area contributed by atoms with Crippen molar-refractivity contribution in [2.45, 2.75) is 18.4 Å². The Hall–Kier alpha value is -2.87. The SMILES string of the molecule is COc1ccc(CSCc2nc(N)nc(Nc3ccc(C)cc3)n2)cc1F. The molecule has 3 rings (SSSR count). The number of hydrogen-bond donors (Lipinski definition) is 2. The molecule has 0 atom stereocenters. The quantitative estimate of drug-likeness (QED) is 0.633. The molecule has 0 aliphatic heterocycles. The molecule has 6 nitrogen and oxygen atoms in total. The third-order valence-corrected chi connectivity index (χ3v) is 4.72. The number of halogens is 1. The molecule has 0 aliphatic carbocycles. The van der Waals surface area contributed by atoms with Crippen LogP contribution in [0.5, 0.6) is 5.75 Å². The average Bonchev–Trinajstić information content (AvgIpc) is 2.63. The fraction of sp³-hybridized carbons (Fsp3) is 0.211. The van der Waals surface area contributed by atoms with Crippen molar-refractivity contribution >= 4 is 29.3 Å². The summed E-state index contributed by atoms with van der Waals surface area (Å²) >= 11 is 1.56. The zero-order valence-electron chi connectivity index (χ0n) is 15.1. The Kier molecular flexibility index (Phi) is 6.08. The highest BCUT2D eigenvalue weighted by atomic mass is 32.2. The van der Waals surface area contributed by atoms with Crippen LogP contribution in [0.2, 0.25) is 0 Å². The summed E-state index contributed by atoms with van der Waals surface area (Å²) in [6.07, 6.45) is 0. The maximum atomic E-state index is 13.7. The maximum absolute atomic E-state index is 13.7. The molecular formula is C19H20FN5OS. The summed E-state index contributed by atoms with van der Waals surface area (Å²) < 4.78 is 18.7. The Labute approximate surface area is 161 Å². The predicted molar refractivity (Wildman–Crippen MR) is 107 cm³/mol. The number of ether oxygens (including phenoxy) is 1. The smallest absolute Gasteiger partial charge is 0.232 e. The molecule has 0 saturated carbocycles. The van der Waals surface area contributed by atoms with Crippen LogP contribution in [0, 0.1) is 12.7 Å². The third-order valence-electron chi connectivity index (χ3n) is 3.72. The van der Waals surface area contributed by atoms with Gasteiger partial charge in [-0.3, -0.25) is 0 Å². The van der Waals surface area contributed by atoms with Crippen LogP contribution in [0.3, 0.4) is 0 Å². The van der Waals surface area contributed by atoms with Gasteiger partial charge in [-0.1, -0.05) is 23.8 Å². The van der Waals surface area contributed by atoms with Crippen LogP contribution in [0.25, 0.3) is 0 Å². The van der Waals surface area contributed by atoms with E-state index >= 15 is 0 Å². The van der Waals surface area contributed by atoms with Crippen LogP contribution in [0.4, 0.5) is 22.0 Å². The molecule has 27 heavy (non-hydrogen) atoms. The molecular weight excluding hydrogens is 365 g/mol. The second-order valence-corrected chi connectivity index (χ2v) is 6.87. The molecule has 1 aromatic heterocycles. The molecule has 8 heteroatoms. The van der Waals surface area contributed by atoms with E-state index in [-0.39, 0.29) is 17.5 Å². The molecule has 0 amide bonds. The molecule has 0 bridgehead atoms. The van der Waals surface area contributed by atoms with Crippen molar-refractivity contribution in [1.82, 2.24) is 15.0 Å². The van der Waals surface area contributed by atoms with Crippen LogP contribution >= 0.6 is 11.8 Å². The van der Waals surface area contributed by atoms with Gasteiger partial charge in [-0.15, -0.1) is 11.8 Å². The highest BCUT2D eigenvalue weighted by Gasteiger charge is 2.07. The minimum absolute atomic E-state index is 0.158. The topological polar surface area (TPSA) is 86.0 Å². The summed E-state index contributed by atoms with van der Waals surface area (Å²) in [6, 6.07) is 12.8. The normalized spacial score (nSPS) is 10.6. The Morgan fingerprint density at radius 1 is 1.07 bits per heavy atom. The maximum Gasteiger partial charge on any atom is 0.232 e. The average molecular weight is 385 g/mol. The van der Waals surface area contributed by atoms with Crippen LogP contribution in [-0.4, -0.2) is 22.1 Å². The van der Waals surface area contributed by atoms with Crippen LogP contribution in [0.1, 0.15) is 17.0 Å². The van der Waals surface area contributed by atoms with Gasteiger partial charge in [0, 0.05) is 11.4 Å².